The molecule has 0 radical (unpaired) electrons. The zero-order chi connectivity index (χ0) is 34.3. The number of nitrogens with zero attached hydrogens (tertiary/aromatic N) is 4. The SMILES string of the molecule is CC#N.COC(Cl)C=O.COc1ccc(N=Cc2cnc(C3CC3)s2)cc1.NC(=S)C1CC1.O=Cc1cnc(C2CC2)s1.O=[C-]O.[Mg+2].[OH-]. The number of nitriles is 1. The number of thiocarbonyl (C=S) groups is 1. The Kier molecular flexibility index (Phi) is 27.6. The molecule has 0 amide bonds. The molecule has 3 aliphatic rings. The molecule has 2 aromatic heterocycles. The third-order valence-electron chi connectivity index (χ3n) is 5.78. The summed E-state index contributed by atoms with van der Waals surface area (Å²) in [6, 6.07) is 9.46. The monoisotopic (exact) mass is 747 g/mol. The number of aliphatic imine (C=N–C) groups is 1. The Morgan fingerprint density at radius 2 is 1.54 bits per heavy atom. The molecule has 12 nitrogen and oxygen atoms in total. The molecule has 256 valence electrons. The van der Waals surface area contributed by atoms with E-state index in [0.29, 0.717) is 29.6 Å². The molecule has 1 atom stereocenters. The number of alkyl halides is 1. The van der Waals surface area contributed by atoms with Crippen LogP contribution < -0.4 is 10.5 Å². The van der Waals surface area contributed by atoms with Crippen LogP contribution >= 0.6 is 46.5 Å². The van der Waals surface area contributed by atoms with Crippen molar-refractivity contribution < 1.29 is 34.4 Å². The summed E-state index contributed by atoms with van der Waals surface area (Å²) in [5.74, 6) is 2.86. The number of ether oxygens (including phenoxy) is 2. The van der Waals surface area contributed by atoms with Crippen molar-refractivity contribution in [2.24, 2.45) is 16.6 Å². The number of aldehydes is 2. The van der Waals surface area contributed by atoms with Gasteiger partial charge in [-0.2, -0.15) is 5.26 Å². The second-order valence-corrected chi connectivity index (χ2v) is 12.6. The summed E-state index contributed by atoms with van der Waals surface area (Å²) in [4.78, 5) is 43.5. The van der Waals surface area contributed by atoms with Gasteiger partial charge < -0.3 is 30.6 Å². The number of hydrogen-bond acceptors (Lipinski definition) is 13. The fraction of sp³-hybridized carbons (Fsp3) is 0.419. The smallest absolute Gasteiger partial charge is 0.870 e. The molecule has 3 fully saturated rings. The van der Waals surface area contributed by atoms with Crippen molar-refractivity contribution in [3.05, 3.63) is 56.4 Å². The van der Waals surface area contributed by atoms with Gasteiger partial charge in [0, 0.05) is 50.4 Å². The van der Waals surface area contributed by atoms with Gasteiger partial charge >= 0.3 is 23.1 Å². The Morgan fingerprint density at radius 3 is 1.83 bits per heavy atom. The zero-order valence-corrected chi connectivity index (χ0v) is 31.5. The number of aliphatic hydroxyl groups excluding tert-OH is 1. The molecule has 4 N–H and O–H groups in total. The number of benzene rings is 1. The molecule has 0 aliphatic heterocycles. The van der Waals surface area contributed by atoms with Gasteiger partial charge in [0.15, 0.2) is 18.1 Å². The molecule has 3 aromatic rings. The van der Waals surface area contributed by atoms with Gasteiger partial charge in [0.1, 0.15) is 5.75 Å². The predicted octanol–water partition coefficient (Wildman–Crippen LogP) is 6.28. The largest absolute Gasteiger partial charge is 2.00 e. The third kappa shape index (κ3) is 21.9. The molecule has 2 heterocycles. The second-order valence-electron chi connectivity index (χ2n) is 9.54. The maximum Gasteiger partial charge on any atom is 2.00 e. The van der Waals surface area contributed by atoms with E-state index in [4.69, 9.17) is 37.2 Å². The number of aromatic nitrogens is 2. The maximum atomic E-state index is 10.2. The zero-order valence-electron chi connectivity index (χ0n) is 26.9. The van der Waals surface area contributed by atoms with Crippen molar-refractivity contribution in [3.63, 3.8) is 0 Å². The summed E-state index contributed by atoms with van der Waals surface area (Å²) < 4.78 is 9.41. The minimum Gasteiger partial charge on any atom is -0.870 e. The summed E-state index contributed by atoms with van der Waals surface area (Å²) >= 11 is 13.0. The van der Waals surface area contributed by atoms with Crippen LogP contribution in [0.15, 0.2) is 41.7 Å². The van der Waals surface area contributed by atoms with Crippen LogP contribution in [0.4, 0.5) is 5.69 Å². The van der Waals surface area contributed by atoms with Crippen molar-refractivity contribution in [2.75, 3.05) is 14.2 Å². The van der Waals surface area contributed by atoms with E-state index in [2.05, 4.69) is 31.9 Å². The summed E-state index contributed by atoms with van der Waals surface area (Å²) in [6.07, 6.45) is 14.4. The summed E-state index contributed by atoms with van der Waals surface area (Å²) in [7, 11) is 3.03. The van der Waals surface area contributed by atoms with E-state index in [1.807, 2.05) is 36.7 Å². The fourth-order valence-electron chi connectivity index (χ4n) is 2.98. The van der Waals surface area contributed by atoms with Crippen LogP contribution in [0.2, 0.25) is 0 Å². The van der Waals surface area contributed by atoms with Gasteiger partial charge in [0.05, 0.1) is 43.6 Å². The van der Waals surface area contributed by atoms with Crippen LogP contribution in [-0.4, -0.2) is 93.6 Å². The Bertz CT molecular complexity index is 1410. The number of nitrogens with two attached hydrogens (primary N) is 1. The molecule has 3 saturated carbocycles. The molecule has 1 unspecified atom stereocenters. The van der Waals surface area contributed by atoms with Crippen LogP contribution in [0.5, 0.6) is 5.75 Å². The van der Waals surface area contributed by atoms with Gasteiger partial charge in [0.2, 0.25) is 0 Å². The standard InChI is InChI=1S/C14H14N2OS.C7H7NOS.C4H7NS.C3H5ClO2.C2H3N.CHO2.Mg.H2O/c1-17-12-6-4-11(5-7-12)15-8-13-9-16-14(18-13)10-2-3-10;9-4-6-3-8-7(10-6)5-1-2-5;5-4(6)3-1-2-3;1-6-3(4)2-5;1-2-3;2-1-3;;/h4-10H,2-3H2,1H3;3-5H,1-2H2;3H,1-2H2,(H2,5,6);2-3H,1H3;1H3;(H,2,3);;1H2/q;;;;;-1;+2;/p-1. The van der Waals surface area contributed by atoms with Gasteiger partial charge in [-0.3, -0.25) is 14.6 Å². The molecular formula is C31H38ClMgN5O7S3. The second kappa shape index (κ2) is 28.0. The number of carbonyl (C=O) groups is 2. The minimum absolute atomic E-state index is 0. The average molecular weight is 749 g/mol. The van der Waals surface area contributed by atoms with E-state index in [0.717, 1.165) is 38.4 Å². The van der Waals surface area contributed by atoms with Gasteiger partial charge in [-0.25, -0.2) is 9.97 Å². The number of rotatable bonds is 9. The summed E-state index contributed by atoms with van der Waals surface area (Å²) in [6.45, 7) is 1.93. The van der Waals surface area contributed by atoms with Gasteiger partial charge in [-0.15, -0.1) is 22.7 Å². The third-order valence-corrected chi connectivity index (χ3v) is 8.57. The number of halogens is 1. The Balaban J connectivity index is 0. The molecule has 1 aromatic carbocycles. The van der Waals surface area contributed by atoms with Crippen molar-refractivity contribution in [1.82, 2.24) is 9.97 Å². The molecule has 17 heteroatoms. The predicted molar refractivity (Wildman–Crippen MR) is 193 cm³/mol. The normalized spacial score (nSPS) is 14.0. The van der Waals surface area contributed by atoms with E-state index in [1.165, 1.54) is 68.9 Å². The molecule has 3 aliphatic carbocycles. The molecule has 48 heavy (non-hydrogen) atoms. The first-order valence-electron chi connectivity index (χ1n) is 14.0. The van der Waals surface area contributed by atoms with Crippen LogP contribution in [0.3, 0.4) is 0 Å². The molecule has 0 bridgehead atoms. The minimum atomic E-state index is -0.773. The van der Waals surface area contributed by atoms with Crippen molar-refractivity contribution in [2.45, 2.75) is 62.8 Å². The summed E-state index contributed by atoms with van der Waals surface area (Å²) in [5.41, 5.74) is 5.38. The van der Waals surface area contributed by atoms with E-state index < -0.39 is 5.56 Å². The molecule has 6 rings (SSSR count). The van der Waals surface area contributed by atoms with Crippen LogP contribution in [0, 0.1) is 17.2 Å². The molecular weight excluding hydrogens is 710 g/mol. The molecule has 0 spiro atoms. The Labute approximate surface area is 315 Å². The number of thiazole rings is 2. The first-order chi connectivity index (χ1) is 22.2. The van der Waals surface area contributed by atoms with Crippen LogP contribution in [0.25, 0.3) is 0 Å². The van der Waals surface area contributed by atoms with Crippen molar-refractivity contribution in [1.29, 1.82) is 5.26 Å². The van der Waals surface area contributed by atoms with E-state index in [9.17, 15) is 9.59 Å². The van der Waals surface area contributed by atoms with E-state index in [1.54, 1.807) is 30.7 Å². The topological polar surface area (TPSA) is 208 Å². The van der Waals surface area contributed by atoms with Gasteiger partial charge in [0.25, 0.3) is 0 Å². The van der Waals surface area contributed by atoms with Crippen molar-refractivity contribution in [3.8, 4) is 11.8 Å². The van der Waals surface area contributed by atoms with E-state index >= 15 is 0 Å². The fourth-order valence-corrected chi connectivity index (χ4v) is 5.08. The number of methoxy groups -OCH3 is 2. The van der Waals surface area contributed by atoms with Crippen LogP contribution in [-0.2, 0) is 14.3 Å². The van der Waals surface area contributed by atoms with E-state index in [-0.39, 0.29) is 28.5 Å². The Hall–Kier alpha value is -2.88. The first-order valence-corrected chi connectivity index (χ1v) is 16.5. The van der Waals surface area contributed by atoms with Crippen molar-refractivity contribution >= 4 is 105 Å². The average Bonchev–Trinajstić information content (AvgIpc) is 3.98. The maximum absolute atomic E-state index is 10.2. The van der Waals surface area contributed by atoms with Gasteiger partial charge in [-0.1, -0.05) is 30.3 Å². The quantitative estimate of drug-likeness (QED) is 0.0619. The Morgan fingerprint density at radius 1 is 1.08 bits per heavy atom. The summed E-state index contributed by atoms with van der Waals surface area (Å²) in [5, 5.41) is 16.5. The number of hydrogen-bond donors (Lipinski definition) is 2. The van der Waals surface area contributed by atoms with Crippen LogP contribution in [0.1, 0.15) is 81.8 Å². The first kappa shape index (κ1) is 47.2. The van der Waals surface area contributed by atoms with Gasteiger partial charge in [-0.05, 0) is 62.8 Å². The number of carbonyl (C=O) groups excluding carboxylic acids is 2. The molecule has 0 saturated heterocycles.